The number of benzene rings is 1. The Bertz CT molecular complexity index is 523. The van der Waals surface area contributed by atoms with Gasteiger partial charge in [0.2, 0.25) is 0 Å². The molecule has 1 heterocycles. The average molecular weight is 264 g/mol. The van der Waals surface area contributed by atoms with E-state index in [2.05, 4.69) is 59.2 Å². The van der Waals surface area contributed by atoms with Crippen molar-refractivity contribution in [3.63, 3.8) is 0 Å². The molecule has 0 unspecified atom stereocenters. The molecule has 0 aliphatic heterocycles. The van der Waals surface area contributed by atoms with E-state index in [0.29, 0.717) is 0 Å². The molecule has 2 aromatic rings. The van der Waals surface area contributed by atoms with E-state index in [0.717, 1.165) is 10.9 Å². The van der Waals surface area contributed by atoms with Crippen molar-refractivity contribution in [2.24, 2.45) is 7.05 Å². The minimum absolute atomic E-state index is 0.919. The first-order valence-corrected chi connectivity index (χ1v) is 5.78. The summed E-state index contributed by atoms with van der Waals surface area (Å²) in [6.07, 6.45) is 2.85. The number of rotatable bonds is 2. The van der Waals surface area contributed by atoms with Crippen LogP contribution in [0.5, 0.6) is 0 Å². The highest BCUT2D eigenvalue weighted by molar-refractivity contribution is 9.10. The normalized spacial score (nSPS) is 10.9. The summed E-state index contributed by atoms with van der Waals surface area (Å²) < 4.78 is 3.37. The summed E-state index contributed by atoms with van der Waals surface area (Å²) in [7, 11) is 2.09. The summed E-state index contributed by atoms with van der Waals surface area (Å²) in [5.74, 6) is 0. The van der Waals surface area contributed by atoms with Gasteiger partial charge in [0, 0.05) is 22.6 Å². The molecule has 0 N–H and O–H groups in total. The zero-order valence-corrected chi connectivity index (χ0v) is 10.6. The van der Waals surface area contributed by atoms with Crippen LogP contribution in [0.3, 0.4) is 0 Å². The highest BCUT2D eigenvalue weighted by Crippen LogP contribution is 2.28. The number of nitrogens with zero attached hydrogens (tertiary/aromatic N) is 1. The molecule has 1 aromatic heterocycles. The molecule has 78 valence electrons. The summed E-state index contributed by atoms with van der Waals surface area (Å²) in [6, 6.07) is 6.62. The van der Waals surface area contributed by atoms with Crippen LogP contribution >= 0.6 is 15.9 Å². The third kappa shape index (κ3) is 1.74. The number of aryl methyl sites for hydroxylation is 2. The van der Waals surface area contributed by atoms with Gasteiger partial charge in [-0.1, -0.05) is 6.08 Å². The van der Waals surface area contributed by atoms with Gasteiger partial charge < -0.3 is 4.57 Å². The topological polar surface area (TPSA) is 4.93 Å². The molecule has 2 rings (SSSR count). The van der Waals surface area contributed by atoms with Gasteiger partial charge in [0.25, 0.3) is 0 Å². The Hall–Kier alpha value is -1.02. The molecule has 0 spiro atoms. The van der Waals surface area contributed by atoms with E-state index in [1.807, 2.05) is 6.08 Å². The molecule has 0 aliphatic rings. The lowest BCUT2D eigenvalue weighted by Gasteiger charge is -2.04. The standard InChI is InChI=1S/C13H14BrN/c1-4-5-10-7-11-6-9(2)15(3)13(11)12(14)8-10/h4,6-8H,1,5H2,2-3H3. The van der Waals surface area contributed by atoms with Crippen molar-refractivity contribution in [3.8, 4) is 0 Å². The van der Waals surface area contributed by atoms with E-state index >= 15 is 0 Å². The molecule has 0 radical (unpaired) electrons. The fourth-order valence-corrected chi connectivity index (χ4v) is 2.71. The van der Waals surface area contributed by atoms with E-state index in [4.69, 9.17) is 0 Å². The number of hydrogen-bond donors (Lipinski definition) is 0. The number of fused-ring (bicyclic) bond motifs is 1. The second kappa shape index (κ2) is 3.86. The van der Waals surface area contributed by atoms with Gasteiger partial charge in [0.15, 0.2) is 0 Å². The smallest absolute Gasteiger partial charge is 0.0624 e. The zero-order chi connectivity index (χ0) is 11.0. The maximum absolute atomic E-state index is 3.77. The van der Waals surface area contributed by atoms with Crippen molar-refractivity contribution in [2.75, 3.05) is 0 Å². The largest absolute Gasteiger partial charge is 0.347 e. The first-order valence-electron chi connectivity index (χ1n) is 4.99. The van der Waals surface area contributed by atoms with Crippen LogP contribution in [0.4, 0.5) is 0 Å². The van der Waals surface area contributed by atoms with Gasteiger partial charge >= 0.3 is 0 Å². The molecular weight excluding hydrogens is 250 g/mol. The van der Waals surface area contributed by atoms with Crippen LogP contribution in [0.2, 0.25) is 0 Å². The minimum atomic E-state index is 0.919. The van der Waals surface area contributed by atoms with Crippen LogP contribution in [0, 0.1) is 6.92 Å². The molecule has 0 bridgehead atoms. The first kappa shape index (κ1) is 10.5. The van der Waals surface area contributed by atoms with Crippen molar-refractivity contribution in [1.29, 1.82) is 0 Å². The third-order valence-electron chi connectivity index (χ3n) is 2.76. The summed E-state index contributed by atoms with van der Waals surface area (Å²) in [5.41, 5.74) is 3.84. The van der Waals surface area contributed by atoms with E-state index in [9.17, 15) is 0 Å². The molecule has 0 fully saturated rings. The van der Waals surface area contributed by atoms with Crippen molar-refractivity contribution >= 4 is 26.8 Å². The molecule has 15 heavy (non-hydrogen) atoms. The predicted molar refractivity (Wildman–Crippen MR) is 69.3 cm³/mol. The maximum Gasteiger partial charge on any atom is 0.0624 e. The Morgan fingerprint density at radius 1 is 1.40 bits per heavy atom. The molecule has 1 nitrogen and oxygen atoms in total. The fraction of sp³-hybridized carbons (Fsp3) is 0.231. The summed E-state index contributed by atoms with van der Waals surface area (Å²) in [4.78, 5) is 0. The predicted octanol–water partition coefficient (Wildman–Crippen LogP) is 3.98. The van der Waals surface area contributed by atoms with Crippen molar-refractivity contribution in [3.05, 3.63) is 46.6 Å². The van der Waals surface area contributed by atoms with Gasteiger partial charge in [-0.3, -0.25) is 0 Å². The molecule has 0 atom stereocenters. The van der Waals surface area contributed by atoms with Crippen LogP contribution in [0.1, 0.15) is 11.3 Å². The van der Waals surface area contributed by atoms with Gasteiger partial charge in [-0.15, -0.1) is 6.58 Å². The highest BCUT2D eigenvalue weighted by atomic mass is 79.9. The Morgan fingerprint density at radius 3 is 2.80 bits per heavy atom. The third-order valence-corrected chi connectivity index (χ3v) is 3.37. The van der Waals surface area contributed by atoms with E-state index in [1.54, 1.807) is 0 Å². The lowest BCUT2D eigenvalue weighted by Crippen LogP contribution is -1.91. The van der Waals surface area contributed by atoms with E-state index < -0.39 is 0 Å². The number of aromatic nitrogens is 1. The van der Waals surface area contributed by atoms with Crippen LogP contribution in [0.25, 0.3) is 10.9 Å². The van der Waals surface area contributed by atoms with Crippen LogP contribution in [-0.2, 0) is 13.5 Å². The Balaban J connectivity index is 2.72. The number of hydrogen-bond acceptors (Lipinski definition) is 0. The van der Waals surface area contributed by atoms with Crippen molar-refractivity contribution in [1.82, 2.24) is 4.57 Å². The SMILES string of the molecule is C=CCc1cc(Br)c2c(c1)cc(C)n2C. The molecular formula is C13H14BrN. The van der Waals surface area contributed by atoms with Gasteiger partial charge in [0.1, 0.15) is 0 Å². The molecule has 0 saturated heterocycles. The molecule has 1 aromatic carbocycles. The molecule has 0 amide bonds. The monoisotopic (exact) mass is 263 g/mol. The van der Waals surface area contributed by atoms with Crippen LogP contribution in [0.15, 0.2) is 35.3 Å². The average Bonchev–Trinajstić information content (AvgIpc) is 2.43. The molecule has 2 heteroatoms. The Kier molecular flexibility index (Phi) is 2.70. The number of allylic oxidation sites excluding steroid dienone is 1. The quantitative estimate of drug-likeness (QED) is 0.723. The Morgan fingerprint density at radius 2 is 2.13 bits per heavy atom. The minimum Gasteiger partial charge on any atom is -0.347 e. The van der Waals surface area contributed by atoms with Gasteiger partial charge in [-0.2, -0.15) is 0 Å². The fourth-order valence-electron chi connectivity index (χ4n) is 1.93. The van der Waals surface area contributed by atoms with Crippen LogP contribution in [-0.4, -0.2) is 4.57 Å². The summed E-state index contributed by atoms with van der Waals surface area (Å²) in [6.45, 7) is 5.89. The number of halogens is 1. The first-order chi connectivity index (χ1) is 7.13. The molecule has 0 saturated carbocycles. The summed E-state index contributed by atoms with van der Waals surface area (Å²) in [5, 5.41) is 1.29. The maximum atomic E-state index is 3.77. The van der Waals surface area contributed by atoms with E-state index in [1.165, 1.54) is 22.2 Å². The Labute approximate surface area is 98.5 Å². The van der Waals surface area contributed by atoms with Crippen LogP contribution < -0.4 is 0 Å². The second-order valence-corrected chi connectivity index (χ2v) is 4.71. The van der Waals surface area contributed by atoms with Gasteiger partial charge in [-0.25, -0.2) is 0 Å². The van der Waals surface area contributed by atoms with Gasteiger partial charge in [0.05, 0.1) is 5.52 Å². The van der Waals surface area contributed by atoms with E-state index in [-0.39, 0.29) is 0 Å². The van der Waals surface area contributed by atoms with Crippen molar-refractivity contribution < 1.29 is 0 Å². The molecule has 0 aliphatic carbocycles. The van der Waals surface area contributed by atoms with Gasteiger partial charge in [-0.05, 0) is 53.0 Å². The van der Waals surface area contributed by atoms with Crippen molar-refractivity contribution in [2.45, 2.75) is 13.3 Å². The second-order valence-electron chi connectivity index (χ2n) is 3.85. The highest BCUT2D eigenvalue weighted by Gasteiger charge is 2.07. The zero-order valence-electron chi connectivity index (χ0n) is 9.05. The summed E-state index contributed by atoms with van der Waals surface area (Å²) >= 11 is 3.63. The lowest BCUT2D eigenvalue weighted by molar-refractivity contribution is 0.916. The lowest BCUT2D eigenvalue weighted by atomic mass is 10.1.